The standard InChI is InChI=1S/C14H23N3S/c1-2-15-11-6-13-4-3-5-14(7-11)17(13)8-12-9-18-10-16-12/h9-11,13-15H,2-8H2,1H3. The van der Waals surface area contributed by atoms with Crippen molar-refractivity contribution in [2.45, 2.75) is 63.7 Å². The molecule has 0 amide bonds. The van der Waals surface area contributed by atoms with Crippen LogP contribution in [0.4, 0.5) is 0 Å². The van der Waals surface area contributed by atoms with Gasteiger partial charge >= 0.3 is 0 Å². The molecule has 2 saturated heterocycles. The third-order valence-electron chi connectivity index (χ3n) is 4.45. The lowest BCUT2D eigenvalue weighted by Crippen LogP contribution is -2.55. The molecule has 3 rings (SSSR count). The second-order valence-electron chi connectivity index (χ2n) is 5.62. The van der Waals surface area contributed by atoms with E-state index in [0.29, 0.717) is 0 Å². The van der Waals surface area contributed by atoms with Crippen LogP contribution in [0.2, 0.25) is 0 Å². The minimum atomic E-state index is 0.747. The van der Waals surface area contributed by atoms with Crippen LogP contribution in [-0.4, -0.2) is 34.6 Å². The molecular formula is C14H23N3S. The maximum absolute atomic E-state index is 4.45. The molecule has 1 aromatic rings. The summed E-state index contributed by atoms with van der Waals surface area (Å²) >= 11 is 1.71. The smallest absolute Gasteiger partial charge is 0.0795 e. The number of rotatable bonds is 4. The quantitative estimate of drug-likeness (QED) is 0.907. The van der Waals surface area contributed by atoms with Gasteiger partial charge in [-0.15, -0.1) is 11.3 Å². The van der Waals surface area contributed by atoms with Gasteiger partial charge in [-0.3, -0.25) is 4.90 Å². The minimum absolute atomic E-state index is 0.747. The fourth-order valence-corrected chi connectivity index (χ4v) is 4.24. The van der Waals surface area contributed by atoms with Crippen LogP contribution in [-0.2, 0) is 6.54 Å². The van der Waals surface area contributed by atoms with E-state index in [1.165, 1.54) is 37.8 Å². The number of piperidine rings is 2. The van der Waals surface area contributed by atoms with Crippen LogP contribution in [0.3, 0.4) is 0 Å². The van der Waals surface area contributed by atoms with E-state index in [0.717, 1.165) is 31.2 Å². The molecule has 0 aromatic carbocycles. The van der Waals surface area contributed by atoms with Gasteiger partial charge < -0.3 is 5.32 Å². The second-order valence-corrected chi connectivity index (χ2v) is 6.34. The topological polar surface area (TPSA) is 28.2 Å². The largest absolute Gasteiger partial charge is 0.314 e. The number of thiazole rings is 1. The van der Waals surface area contributed by atoms with Crippen LogP contribution in [0.5, 0.6) is 0 Å². The molecule has 0 radical (unpaired) electrons. The zero-order valence-corrected chi connectivity index (χ0v) is 12.0. The number of hydrogen-bond donors (Lipinski definition) is 1. The number of aromatic nitrogens is 1. The van der Waals surface area contributed by atoms with Gasteiger partial charge in [0.05, 0.1) is 11.2 Å². The Hall–Kier alpha value is -0.450. The molecule has 3 nitrogen and oxygen atoms in total. The van der Waals surface area contributed by atoms with Crippen LogP contribution >= 0.6 is 11.3 Å². The van der Waals surface area contributed by atoms with Crippen molar-refractivity contribution in [2.24, 2.45) is 0 Å². The highest BCUT2D eigenvalue weighted by Crippen LogP contribution is 2.35. The van der Waals surface area contributed by atoms with E-state index in [9.17, 15) is 0 Å². The van der Waals surface area contributed by atoms with Crippen molar-refractivity contribution >= 4 is 11.3 Å². The van der Waals surface area contributed by atoms with E-state index in [1.54, 1.807) is 11.3 Å². The van der Waals surface area contributed by atoms with Gasteiger partial charge in [-0.05, 0) is 32.2 Å². The van der Waals surface area contributed by atoms with Gasteiger partial charge in [-0.25, -0.2) is 4.98 Å². The van der Waals surface area contributed by atoms with Crippen molar-refractivity contribution < 1.29 is 0 Å². The Labute approximate surface area is 114 Å². The molecule has 2 aliphatic heterocycles. The van der Waals surface area contributed by atoms with Crippen LogP contribution in [0, 0.1) is 0 Å². The molecule has 1 aromatic heterocycles. The van der Waals surface area contributed by atoms with Gasteiger partial charge in [0, 0.05) is 30.1 Å². The summed E-state index contributed by atoms with van der Waals surface area (Å²) in [5.41, 5.74) is 3.22. The molecule has 1 N–H and O–H groups in total. The summed E-state index contributed by atoms with van der Waals surface area (Å²) in [6.45, 7) is 4.39. The van der Waals surface area contributed by atoms with Crippen molar-refractivity contribution in [1.82, 2.24) is 15.2 Å². The average molecular weight is 265 g/mol. The summed E-state index contributed by atoms with van der Waals surface area (Å²) in [6.07, 6.45) is 6.83. The fourth-order valence-electron chi connectivity index (χ4n) is 3.69. The second kappa shape index (κ2) is 5.68. The van der Waals surface area contributed by atoms with Crippen LogP contribution in [0.25, 0.3) is 0 Å². The number of hydrogen-bond acceptors (Lipinski definition) is 4. The summed E-state index contributed by atoms with van der Waals surface area (Å²) in [6, 6.07) is 2.31. The molecule has 2 atom stereocenters. The number of nitrogens with one attached hydrogen (secondary N) is 1. The monoisotopic (exact) mass is 265 g/mol. The van der Waals surface area contributed by atoms with E-state index in [2.05, 4.69) is 27.5 Å². The lowest BCUT2D eigenvalue weighted by atomic mass is 9.81. The average Bonchev–Trinajstić information content (AvgIpc) is 2.83. The van der Waals surface area contributed by atoms with Crippen molar-refractivity contribution in [1.29, 1.82) is 0 Å². The highest BCUT2D eigenvalue weighted by atomic mass is 32.1. The summed E-state index contributed by atoms with van der Waals surface area (Å²) in [5.74, 6) is 0. The SMILES string of the molecule is CCNC1CC2CCCC(C1)N2Cc1cscn1. The van der Waals surface area contributed by atoms with Gasteiger partial charge in [0.1, 0.15) is 0 Å². The zero-order valence-electron chi connectivity index (χ0n) is 11.1. The first-order valence-electron chi connectivity index (χ1n) is 7.23. The Kier molecular flexibility index (Phi) is 3.97. The number of nitrogens with zero attached hydrogens (tertiary/aromatic N) is 2. The maximum Gasteiger partial charge on any atom is 0.0795 e. The molecule has 3 heterocycles. The highest BCUT2D eigenvalue weighted by molar-refractivity contribution is 7.07. The van der Waals surface area contributed by atoms with E-state index in [-0.39, 0.29) is 0 Å². The predicted octanol–water partition coefficient (Wildman–Crippen LogP) is 2.64. The van der Waals surface area contributed by atoms with Gasteiger partial charge in [0.2, 0.25) is 0 Å². The molecule has 0 aliphatic carbocycles. The van der Waals surface area contributed by atoms with Crippen LogP contribution in [0.1, 0.15) is 44.7 Å². The number of fused-ring (bicyclic) bond motifs is 2. The molecule has 100 valence electrons. The van der Waals surface area contributed by atoms with E-state index in [1.807, 2.05) is 5.51 Å². The van der Waals surface area contributed by atoms with Gasteiger partial charge in [0.25, 0.3) is 0 Å². The van der Waals surface area contributed by atoms with Crippen molar-refractivity contribution in [3.05, 3.63) is 16.6 Å². The van der Waals surface area contributed by atoms with E-state index in [4.69, 9.17) is 0 Å². The summed E-state index contributed by atoms with van der Waals surface area (Å²) in [4.78, 5) is 7.18. The molecule has 2 fully saturated rings. The Morgan fingerprint density at radius 1 is 1.39 bits per heavy atom. The summed E-state index contributed by atoms with van der Waals surface area (Å²) in [5, 5.41) is 5.85. The third kappa shape index (κ3) is 2.60. The molecular weight excluding hydrogens is 242 g/mol. The molecule has 2 unspecified atom stereocenters. The third-order valence-corrected chi connectivity index (χ3v) is 5.08. The lowest BCUT2D eigenvalue weighted by Gasteiger charge is -2.49. The van der Waals surface area contributed by atoms with Crippen molar-refractivity contribution in [2.75, 3.05) is 6.54 Å². The Morgan fingerprint density at radius 3 is 2.78 bits per heavy atom. The normalized spacial score (nSPS) is 32.6. The molecule has 18 heavy (non-hydrogen) atoms. The summed E-state index contributed by atoms with van der Waals surface area (Å²) < 4.78 is 0. The Bertz CT molecular complexity index is 351. The van der Waals surface area contributed by atoms with Crippen LogP contribution < -0.4 is 5.32 Å². The molecule has 0 spiro atoms. The Morgan fingerprint density at radius 2 is 2.17 bits per heavy atom. The predicted molar refractivity (Wildman–Crippen MR) is 75.8 cm³/mol. The van der Waals surface area contributed by atoms with Gasteiger partial charge in [0.15, 0.2) is 0 Å². The first-order valence-corrected chi connectivity index (χ1v) is 8.17. The Balaban J connectivity index is 1.68. The summed E-state index contributed by atoms with van der Waals surface area (Å²) in [7, 11) is 0. The lowest BCUT2D eigenvalue weighted by molar-refractivity contribution is 0.0172. The first-order chi connectivity index (χ1) is 8.86. The highest BCUT2D eigenvalue weighted by Gasteiger charge is 2.37. The van der Waals surface area contributed by atoms with E-state index >= 15 is 0 Å². The maximum atomic E-state index is 4.45. The fraction of sp³-hybridized carbons (Fsp3) is 0.786. The zero-order chi connectivity index (χ0) is 12.4. The van der Waals surface area contributed by atoms with E-state index < -0.39 is 0 Å². The first kappa shape index (κ1) is 12.6. The van der Waals surface area contributed by atoms with Crippen molar-refractivity contribution in [3.63, 3.8) is 0 Å². The molecule has 0 saturated carbocycles. The molecule has 2 bridgehead atoms. The van der Waals surface area contributed by atoms with Crippen molar-refractivity contribution in [3.8, 4) is 0 Å². The van der Waals surface area contributed by atoms with Gasteiger partial charge in [-0.2, -0.15) is 0 Å². The minimum Gasteiger partial charge on any atom is -0.314 e. The molecule has 4 heteroatoms. The molecule has 2 aliphatic rings. The van der Waals surface area contributed by atoms with Gasteiger partial charge in [-0.1, -0.05) is 13.3 Å². The van der Waals surface area contributed by atoms with Crippen LogP contribution in [0.15, 0.2) is 10.9 Å².